The molecular weight excluding hydrogens is 441 g/mol. The van der Waals surface area contributed by atoms with Gasteiger partial charge in [0.05, 0.1) is 17.9 Å². The molecule has 5 rings (SSSR count). The predicted octanol–water partition coefficient (Wildman–Crippen LogP) is 3.64. The van der Waals surface area contributed by atoms with Crippen molar-refractivity contribution in [3.8, 4) is 0 Å². The number of nitrogens with one attached hydrogen (secondary N) is 2. The number of fused-ring (bicyclic) bond motifs is 2. The van der Waals surface area contributed by atoms with Gasteiger partial charge in [-0.3, -0.25) is 14.6 Å². The quantitative estimate of drug-likeness (QED) is 0.438. The van der Waals surface area contributed by atoms with Crippen LogP contribution in [-0.4, -0.2) is 41.3 Å². The van der Waals surface area contributed by atoms with Crippen LogP contribution in [0.25, 0.3) is 10.9 Å². The van der Waals surface area contributed by atoms with Crippen molar-refractivity contribution in [2.75, 3.05) is 6.54 Å². The Kier molecular flexibility index (Phi) is 5.49. The van der Waals surface area contributed by atoms with Crippen LogP contribution in [0.15, 0.2) is 35.5 Å². The molecule has 0 aliphatic carbocycles. The zero-order chi connectivity index (χ0) is 23.3. The van der Waals surface area contributed by atoms with E-state index >= 15 is 0 Å². The molecule has 33 heavy (non-hydrogen) atoms. The molecule has 172 valence electrons. The third-order valence-electron chi connectivity index (χ3n) is 6.39. The molecule has 1 aromatic carbocycles. The molecule has 0 fully saturated rings. The Morgan fingerprint density at radius 2 is 2.15 bits per heavy atom. The number of aryl methyl sites for hydroxylation is 1. The van der Waals surface area contributed by atoms with Crippen molar-refractivity contribution in [1.29, 1.82) is 0 Å². The molecule has 0 saturated heterocycles. The van der Waals surface area contributed by atoms with E-state index in [0.29, 0.717) is 22.7 Å². The summed E-state index contributed by atoms with van der Waals surface area (Å²) in [6.07, 6.45) is 3.58. The second kappa shape index (κ2) is 8.35. The number of H-pyrrole nitrogens is 1. The fraction of sp³-hybridized carbons (Fsp3) is 0.348. The molecule has 1 atom stereocenters. The fourth-order valence-electron chi connectivity index (χ4n) is 4.47. The van der Waals surface area contributed by atoms with Crippen molar-refractivity contribution < 1.29 is 9.18 Å². The van der Waals surface area contributed by atoms with E-state index in [4.69, 9.17) is 0 Å². The summed E-state index contributed by atoms with van der Waals surface area (Å²) in [4.78, 5) is 14.1. The second-order valence-electron chi connectivity index (χ2n) is 8.58. The molecule has 0 radical (unpaired) electrons. The van der Waals surface area contributed by atoms with E-state index in [2.05, 4.69) is 31.8 Å². The third kappa shape index (κ3) is 3.83. The van der Waals surface area contributed by atoms with Gasteiger partial charge in [0, 0.05) is 72.4 Å². The average Bonchev–Trinajstić information content (AvgIpc) is 3.48. The molecule has 0 bridgehead atoms. The highest BCUT2D eigenvalue weighted by Crippen LogP contribution is 2.35. The van der Waals surface area contributed by atoms with E-state index in [0.717, 1.165) is 29.1 Å². The maximum Gasteiger partial charge on any atom is 0.268 e. The molecule has 0 spiro atoms. The van der Waals surface area contributed by atoms with Crippen LogP contribution in [0.4, 0.5) is 4.39 Å². The van der Waals surface area contributed by atoms with Gasteiger partial charge in [0.1, 0.15) is 11.5 Å². The van der Waals surface area contributed by atoms with Crippen molar-refractivity contribution in [3.63, 3.8) is 0 Å². The summed E-state index contributed by atoms with van der Waals surface area (Å²) in [5, 5.41) is 15.2. The zero-order valence-corrected chi connectivity index (χ0v) is 19.8. The summed E-state index contributed by atoms with van der Waals surface area (Å²) in [6, 6.07) is 5.02. The lowest BCUT2D eigenvalue weighted by Gasteiger charge is -2.29. The van der Waals surface area contributed by atoms with Crippen LogP contribution in [0, 0.1) is 12.7 Å². The van der Waals surface area contributed by atoms with Crippen LogP contribution in [-0.2, 0) is 27.2 Å². The molecule has 1 aliphatic heterocycles. The van der Waals surface area contributed by atoms with E-state index in [-0.39, 0.29) is 18.3 Å². The molecule has 4 aromatic rings. The molecule has 2 N–H and O–H groups in total. The first-order valence-electron chi connectivity index (χ1n) is 10.8. The lowest BCUT2D eigenvalue weighted by molar-refractivity contribution is 0.0942. The number of hydrogen-bond donors (Lipinski definition) is 2. The maximum atomic E-state index is 14.5. The van der Waals surface area contributed by atoms with Crippen LogP contribution in [0.5, 0.6) is 0 Å². The normalized spacial score (nSPS) is 16.3. The van der Waals surface area contributed by atoms with Gasteiger partial charge in [0.25, 0.3) is 5.91 Å². The summed E-state index contributed by atoms with van der Waals surface area (Å²) in [7, 11) is 3.65. The van der Waals surface area contributed by atoms with Gasteiger partial charge in [0.2, 0.25) is 0 Å². The summed E-state index contributed by atoms with van der Waals surface area (Å²) in [6.45, 7) is 5.96. The summed E-state index contributed by atoms with van der Waals surface area (Å²) in [5.74, 6) is -0.237. The molecule has 1 aliphatic rings. The van der Waals surface area contributed by atoms with Gasteiger partial charge in [-0.25, -0.2) is 8.70 Å². The second-order valence-corrected chi connectivity index (χ2v) is 9.72. The number of halogens is 1. The SMILES string of the molecule is Cc1c(SN2Cc3cn[nH]c3C(C)C2)cc(C(=O)NCc2c(F)ccc3cnn(C)c23)n1C. The molecule has 0 saturated carbocycles. The van der Waals surface area contributed by atoms with E-state index < -0.39 is 0 Å². The van der Waals surface area contributed by atoms with Gasteiger partial charge in [-0.15, -0.1) is 0 Å². The summed E-state index contributed by atoms with van der Waals surface area (Å²) >= 11 is 1.66. The van der Waals surface area contributed by atoms with Gasteiger partial charge < -0.3 is 9.88 Å². The van der Waals surface area contributed by atoms with Crippen LogP contribution in [0.1, 0.15) is 45.8 Å². The number of aromatic nitrogens is 5. The Balaban J connectivity index is 1.33. The Hall–Kier alpha value is -3.11. The lowest BCUT2D eigenvalue weighted by Crippen LogP contribution is -2.26. The lowest BCUT2D eigenvalue weighted by atomic mass is 10.0. The standard InChI is InChI=1S/C23H26FN7OS/c1-13-11-31(12-16-8-26-28-21(13)16)33-20-7-19(29(3)14(20)2)23(32)25-10-17-18(24)6-5-15-9-27-30(4)22(15)17/h5-9,13H,10-12H2,1-4H3,(H,25,32)(H,26,28). The number of carbonyl (C=O) groups excluding carboxylic acids is 1. The zero-order valence-electron chi connectivity index (χ0n) is 19.0. The number of hydrogen-bond acceptors (Lipinski definition) is 5. The predicted molar refractivity (Wildman–Crippen MR) is 125 cm³/mol. The molecule has 1 amide bonds. The largest absolute Gasteiger partial charge is 0.346 e. The highest BCUT2D eigenvalue weighted by Gasteiger charge is 2.26. The molecule has 3 aromatic heterocycles. The number of amides is 1. The minimum Gasteiger partial charge on any atom is -0.346 e. The van der Waals surface area contributed by atoms with Gasteiger partial charge in [-0.1, -0.05) is 6.92 Å². The van der Waals surface area contributed by atoms with E-state index in [1.807, 2.05) is 30.8 Å². The fourth-order valence-corrected chi connectivity index (χ4v) is 5.68. The van der Waals surface area contributed by atoms with Crippen LogP contribution in [0.3, 0.4) is 0 Å². The molecule has 10 heteroatoms. The molecular formula is C23H26FN7OS. The number of rotatable bonds is 5. The van der Waals surface area contributed by atoms with Crippen molar-refractivity contribution in [2.45, 2.75) is 37.8 Å². The molecule has 1 unspecified atom stereocenters. The molecule has 8 nitrogen and oxygen atoms in total. The van der Waals surface area contributed by atoms with Gasteiger partial charge >= 0.3 is 0 Å². The van der Waals surface area contributed by atoms with E-state index in [1.54, 1.807) is 35.9 Å². The maximum absolute atomic E-state index is 14.5. The van der Waals surface area contributed by atoms with E-state index in [9.17, 15) is 9.18 Å². The first-order chi connectivity index (χ1) is 15.8. The summed E-state index contributed by atoms with van der Waals surface area (Å²) < 4.78 is 20.4. The van der Waals surface area contributed by atoms with Gasteiger partial charge in [-0.05, 0) is 37.1 Å². The van der Waals surface area contributed by atoms with Crippen LogP contribution < -0.4 is 5.32 Å². The number of benzene rings is 1. The van der Waals surface area contributed by atoms with E-state index in [1.165, 1.54) is 17.3 Å². The Bertz CT molecular complexity index is 1350. The van der Waals surface area contributed by atoms with Gasteiger partial charge in [0.15, 0.2) is 0 Å². The van der Waals surface area contributed by atoms with Crippen molar-refractivity contribution >= 4 is 28.8 Å². The number of carbonyl (C=O) groups is 1. The number of nitrogens with zero attached hydrogens (tertiary/aromatic N) is 5. The number of aromatic amines is 1. The van der Waals surface area contributed by atoms with Crippen molar-refractivity contribution in [1.82, 2.24) is 34.2 Å². The minimum absolute atomic E-state index is 0.0845. The molecule has 4 heterocycles. The first-order valence-corrected chi connectivity index (χ1v) is 11.6. The summed E-state index contributed by atoms with van der Waals surface area (Å²) in [5.41, 5.74) is 5.08. The first kappa shape index (κ1) is 21.7. The minimum atomic E-state index is -0.358. The monoisotopic (exact) mass is 467 g/mol. The highest BCUT2D eigenvalue weighted by molar-refractivity contribution is 7.97. The Labute approximate surface area is 195 Å². The smallest absolute Gasteiger partial charge is 0.268 e. The Morgan fingerprint density at radius 1 is 1.33 bits per heavy atom. The van der Waals surface area contributed by atoms with Crippen molar-refractivity contribution in [2.24, 2.45) is 14.1 Å². The van der Waals surface area contributed by atoms with Crippen LogP contribution in [0.2, 0.25) is 0 Å². The highest BCUT2D eigenvalue weighted by atomic mass is 32.2. The van der Waals surface area contributed by atoms with Crippen molar-refractivity contribution in [3.05, 3.63) is 64.6 Å². The third-order valence-corrected chi connectivity index (χ3v) is 7.54. The Morgan fingerprint density at radius 3 is 2.97 bits per heavy atom. The van der Waals surface area contributed by atoms with Gasteiger partial charge in [-0.2, -0.15) is 10.2 Å². The average molecular weight is 468 g/mol. The van der Waals surface area contributed by atoms with Crippen LogP contribution >= 0.6 is 11.9 Å². The topological polar surface area (TPSA) is 83.8 Å².